The fourth-order valence-corrected chi connectivity index (χ4v) is 1.60. The molecule has 3 N–H and O–H groups in total. The number of rotatable bonds is 8. The SMILES string of the molecule is COCCCCCNc1ccc(N)c(OC)c1. The maximum atomic E-state index is 5.74. The van der Waals surface area contributed by atoms with Gasteiger partial charge in [0.15, 0.2) is 0 Å². The van der Waals surface area contributed by atoms with Crippen LogP contribution >= 0.6 is 0 Å². The minimum absolute atomic E-state index is 0.665. The molecular weight excluding hydrogens is 216 g/mol. The van der Waals surface area contributed by atoms with Crippen LogP contribution in [0.2, 0.25) is 0 Å². The summed E-state index contributed by atoms with van der Waals surface area (Å²) in [6.45, 7) is 1.80. The minimum Gasteiger partial charge on any atom is -0.495 e. The standard InChI is InChI=1S/C13H22N2O2/c1-16-9-5-3-4-8-15-11-6-7-12(14)13(10-11)17-2/h6-7,10,15H,3-5,8-9,14H2,1-2H3. The Labute approximate surface area is 103 Å². The van der Waals surface area contributed by atoms with E-state index in [0.717, 1.165) is 37.4 Å². The maximum Gasteiger partial charge on any atom is 0.143 e. The molecule has 96 valence electrons. The van der Waals surface area contributed by atoms with Gasteiger partial charge in [-0.05, 0) is 31.4 Å². The van der Waals surface area contributed by atoms with Gasteiger partial charge in [-0.15, -0.1) is 0 Å². The first-order valence-corrected chi connectivity index (χ1v) is 5.94. The van der Waals surface area contributed by atoms with Gasteiger partial charge in [0.1, 0.15) is 5.75 Å². The second-order valence-corrected chi connectivity index (χ2v) is 3.94. The van der Waals surface area contributed by atoms with Crippen LogP contribution in [0.25, 0.3) is 0 Å². The lowest BCUT2D eigenvalue weighted by Crippen LogP contribution is -2.03. The number of hydrogen-bond acceptors (Lipinski definition) is 4. The third kappa shape index (κ3) is 4.95. The maximum absolute atomic E-state index is 5.74. The highest BCUT2D eigenvalue weighted by Crippen LogP contribution is 2.24. The van der Waals surface area contributed by atoms with Crippen LogP contribution in [0.1, 0.15) is 19.3 Å². The van der Waals surface area contributed by atoms with Crippen LogP contribution in [0.5, 0.6) is 5.75 Å². The zero-order valence-electron chi connectivity index (χ0n) is 10.7. The molecule has 0 aliphatic heterocycles. The van der Waals surface area contributed by atoms with Crippen LogP contribution in [0.4, 0.5) is 11.4 Å². The Morgan fingerprint density at radius 2 is 2.00 bits per heavy atom. The summed E-state index contributed by atoms with van der Waals surface area (Å²) in [4.78, 5) is 0. The summed E-state index contributed by atoms with van der Waals surface area (Å²) in [6, 6.07) is 5.74. The zero-order valence-corrected chi connectivity index (χ0v) is 10.7. The molecule has 0 saturated heterocycles. The van der Waals surface area contributed by atoms with Gasteiger partial charge in [0.2, 0.25) is 0 Å². The van der Waals surface area contributed by atoms with Gasteiger partial charge >= 0.3 is 0 Å². The van der Waals surface area contributed by atoms with Gasteiger partial charge in [-0.25, -0.2) is 0 Å². The first-order chi connectivity index (χ1) is 8.27. The Balaban J connectivity index is 2.27. The van der Waals surface area contributed by atoms with Crippen LogP contribution in [0.3, 0.4) is 0 Å². The molecule has 17 heavy (non-hydrogen) atoms. The first kappa shape index (κ1) is 13.6. The Morgan fingerprint density at radius 3 is 2.71 bits per heavy atom. The van der Waals surface area contributed by atoms with E-state index in [1.807, 2.05) is 18.2 Å². The largest absolute Gasteiger partial charge is 0.495 e. The van der Waals surface area contributed by atoms with Crippen LogP contribution in [-0.4, -0.2) is 27.4 Å². The van der Waals surface area contributed by atoms with Crippen molar-refractivity contribution in [3.8, 4) is 5.75 Å². The predicted octanol–water partition coefficient (Wildman–Crippen LogP) is 2.51. The van der Waals surface area contributed by atoms with Crippen molar-refractivity contribution >= 4 is 11.4 Å². The molecule has 1 rings (SSSR count). The minimum atomic E-state index is 0.665. The molecule has 0 bridgehead atoms. The predicted molar refractivity (Wildman–Crippen MR) is 71.6 cm³/mol. The normalized spacial score (nSPS) is 10.2. The van der Waals surface area contributed by atoms with Crippen LogP contribution < -0.4 is 15.8 Å². The number of nitrogens with one attached hydrogen (secondary N) is 1. The van der Waals surface area contributed by atoms with Gasteiger partial charge in [0.25, 0.3) is 0 Å². The third-order valence-corrected chi connectivity index (χ3v) is 2.59. The van der Waals surface area contributed by atoms with E-state index in [-0.39, 0.29) is 0 Å². The molecule has 0 radical (unpaired) electrons. The summed E-state index contributed by atoms with van der Waals surface area (Å²) in [5.74, 6) is 0.717. The van der Waals surface area contributed by atoms with E-state index in [4.69, 9.17) is 15.2 Å². The topological polar surface area (TPSA) is 56.5 Å². The van der Waals surface area contributed by atoms with Crippen molar-refractivity contribution in [2.24, 2.45) is 0 Å². The number of unbranched alkanes of at least 4 members (excludes halogenated alkanes) is 2. The fraction of sp³-hybridized carbons (Fsp3) is 0.538. The van der Waals surface area contributed by atoms with Crippen LogP contribution in [0.15, 0.2) is 18.2 Å². The molecule has 0 aromatic heterocycles. The van der Waals surface area contributed by atoms with E-state index in [1.165, 1.54) is 6.42 Å². The summed E-state index contributed by atoms with van der Waals surface area (Å²) < 4.78 is 10.2. The number of benzene rings is 1. The van der Waals surface area contributed by atoms with Crippen LogP contribution in [0, 0.1) is 0 Å². The molecule has 4 nitrogen and oxygen atoms in total. The molecule has 0 aliphatic rings. The van der Waals surface area contributed by atoms with E-state index >= 15 is 0 Å². The number of ether oxygens (including phenoxy) is 2. The Hall–Kier alpha value is -1.42. The van der Waals surface area contributed by atoms with Gasteiger partial charge in [-0.1, -0.05) is 0 Å². The van der Waals surface area contributed by atoms with Gasteiger partial charge in [-0.2, -0.15) is 0 Å². The summed E-state index contributed by atoms with van der Waals surface area (Å²) in [5.41, 5.74) is 7.45. The Morgan fingerprint density at radius 1 is 1.18 bits per heavy atom. The van der Waals surface area contributed by atoms with Crippen molar-refractivity contribution in [3.05, 3.63) is 18.2 Å². The molecule has 0 heterocycles. The van der Waals surface area contributed by atoms with E-state index in [1.54, 1.807) is 14.2 Å². The number of nitrogens with two attached hydrogens (primary N) is 1. The van der Waals surface area contributed by atoms with Crippen molar-refractivity contribution < 1.29 is 9.47 Å². The average molecular weight is 238 g/mol. The number of nitrogen functional groups attached to an aromatic ring is 1. The van der Waals surface area contributed by atoms with Crippen molar-refractivity contribution in [1.29, 1.82) is 0 Å². The molecule has 1 aromatic rings. The highest BCUT2D eigenvalue weighted by Gasteiger charge is 2.00. The first-order valence-electron chi connectivity index (χ1n) is 5.94. The number of anilines is 2. The van der Waals surface area contributed by atoms with Crippen molar-refractivity contribution in [2.45, 2.75) is 19.3 Å². The van der Waals surface area contributed by atoms with E-state index in [9.17, 15) is 0 Å². The number of methoxy groups -OCH3 is 2. The van der Waals surface area contributed by atoms with Gasteiger partial charge in [0, 0.05) is 32.0 Å². The molecule has 0 aliphatic carbocycles. The Kier molecular flexibility index (Phi) is 6.25. The zero-order chi connectivity index (χ0) is 12.5. The lowest BCUT2D eigenvalue weighted by atomic mass is 10.2. The lowest BCUT2D eigenvalue weighted by Gasteiger charge is -2.09. The fourth-order valence-electron chi connectivity index (χ4n) is 1.60. The monoisotopic (exact) mass is 238 g/mol. The molecule has 0 atom stereocenters. The highest BCUT2D eigenvalue weighted by atomic mass is 16.5. The third-order valence-electron chi connectivity index (χ3n) is 2.59. The van der Waals surface area contributed by atoms with E-state index < -0.39 is 0 Å². The highest BCUT2D eigenvalue weighted by molar-refractivity contribution is 5.61. The molecular formula is C13H22N2O2. The van der Waals surface area contributed by atoms with E-state index in [0.29, 0.717) is 5.69 Å². The molecule has 0 saturated carbocycles. The van der Waals surface area contributed by atoms with Gasteiger partial charge in [-0.3, -0.25) is 0 Å². The summed E-state index contributed by atoms with van der Waals surface area (Å²) in [6.07, 6.45) is 3.42. The second-order valence-electron chi connectivity index (χ2n) is 3.94. The molecule has 1 aromatic carbocycles. The Bertz CT molecular complexity index is 329. The summed E-state index contributed by atoms with van der Waals surface area (Å²) in [5, 5.41) is 3.35. The van der Waals surface area contributed by atoms with Crippen molar-refractivity contribution in [1.82, 2.24) is 0 Å². The average Bonchev–Trinajstić information content (AvgIpc) is 2.35. The van der Waals surface area contributed by atoms with Crippen LogP contribution in [-0.2, 0) is 4.74 Å². The van der Waals surface area contributed by atoms with E-state index in [2.05, 4.69) is 5.32 Å². The molecule has 0 spiro atoms. The molecule has 0 unspecified atom stereocenters. The smallest absolute Gasteiger partial charge is 0.143 e. The quantitative estimate of drug-likeness (QED) is 0.539. The van der Waals surface area contributed by atoms with Crippen molar-refractivity contribution in [3.63, 3.8) is 0 Å². The summed E-state index contributed by atoms with van der Waals surface area (Å²) in [7, 11) is 3.36. The second kappa shape index (κ2) is 7.79. The molecule has 4 heteroatoms. The van der Waals surface area contributed by atoms with Gasteiger partial charge in [0.05, 0.1) is 12.8 Å². The lowest BCUT2D eigenvalue weighted by molar-refractivity contribution is 0.192. The van der Waals surface area contributed by atoms with Crippen molar-refractivity contribution in [2.75, 3.05) is 38.4 Å². The van der Waals surface area contributed by atoms with Gasteiger partial charge < -0.3 is 20.5 Å². The summed E-state index contributed by atoms with van der Waals surface area (Å²) >= 11 is 0. The number of hydrogen-bond donors (Lipinski definition) is 2. The molecule has 0 amide bonds. The molecule has 0 fully saturated rings.